The summed E-state index contributed by atoms with van der Waals surface area (Å²) in [5, 5.41) is 4.13. The molecule has 0 amide bonds. The molecule has 1 saturated heterocycles. The van der Waals surface area contributed by atoms with E-state index < -0.39 is 0 Å². The molecule has 0 aliphatic carbocycles. The minimum Gasteiger partial charge on any atom is -0.387 e. The van der Waals surface area contributed by atoms with Crippen molar-refractivity contribution in [3.63, 3.8) is 0 Å². The van der Waals surface area contributed by atoms with Crippen LogP contribution in [0.25, 0.3) is 0 Å². The van der Waals surface area contributed by atoms with Crippen LogP contribution >= 0.6 is 11.6 Å². The Morgan fingerprint density at radius 3 is 2.74 bits per heavy atom. The molecule has 1 atom stereocenters. The smallest absolute Gasteiger partial charge is 0.142 e. The van der Waals surface area contributed by atoms with Crippen molar-refractivity contribution in [1.29, 1.82) is 0 Å². The fourth-order valence-corrected chi connectivity index (χ4v) is 2.20. The fourth-order valence-electron chi connectivity index (χ4n) is 2.07. The van der Waals surface area contributed by atoms with Crippen LogP contribution < -0.4 is 11.1 Å². The predicted octanol–water partition coefficient (Wildman–Crippen LogP) is 2.37. The maximum absolute atomic E-state index is 5.86. The molecule has 0 aromatic heterocycles. The minimum absolute atomic E-state index is 0.228. The van der Waals surface area contributed by atoms with Crippen LogP contribution in [-0.2, 0) is 6.54 Å². The fraction of sp³-hybridized carbons (Fsp3) is 0.429. The standard InChI is InChI=1S/C14H19ClN4/c1-10(16)19-14(13-3-2-8-17-13)18-9-11-4-6-12(15)7-5-11/h4-7,13,17H,2-3,8-9H2,1H3,(H2,16,18,19)/t13-/m1/s1. The third-order valence-corrected chi connectivity index (χ3v) is 3.25. The Morgan fingerprint density at radius 1 is 1.42 bits per heavy atom. The number of hydrogen-bond donors (Lipinski definition) is 2. The molecule has 1 fully saturated rings. The van der Waals surface area contributed by atoms with Gasteiger partial charge in [-0.25, -0.2) is 4.99 Å². The first kappa shape index (κ1) is 14.0. The highest BCUT2D eigenvalue weighted by Gasteiger charge is 2.19. The molecule has 1 aliphatic rings. The lowest BCUT2D eigenvalue weighted by Gasteiger charge is -2.10. The van der Waals surface area contributed by atoms with E-state index in [-0.39, 0.29) is 6.04 Å². The van der Waals surface area contributed by atoms with Gasteiger partial charge < -0.3 is 11.1 Å². The van der Waals surface area contributed by atoms with Gasteiger partial charge >= 0.3 is 0 Å². The molecule has 102 valence electrons. The lowest BCUT2D eigenvalue weighted by Crippen LogP contribution is -2.31. The highest BCUT2D eigenvalue weighted by atomic mass is 35.5. The lowest BCUT2D eigenvalue weighted by molar-refractivity contribution is 0.750. The topological polar surface area (TPSA) is 62.8 Å². The van der Waals surface area contributed by atoms with Gasteiger partial charge in [0, 0.05) is 5.02 Å². The molecule has 0 spiro atoms. The van der Waals surface area contributed by atoms with Crippen molar-refractivity contribution < 1.29 is 0 Å². The zero-order chi connectivity index (χ0) is 13.7. The number of amidine groups is 2. The van der Waals surface area contributed by atoms with Gasteiger partial charge in [0.05, 0.1) is 18.4 Å². The van der Waals surface area contributed by atoms with E-state index in [1.165, 1.54) is 0 Å². The second-order valence-corrected chi connectivity index (χ2v) is 5.14. The summed E-state index contributed by atoms with van der Waals surface area (Å²) in [5.74, 6) is 1.34. The number of nitrogens with one attached hydrogen (secondary N) is 1. The van der Waals surface area contributed by atoms with Crippen LogP contribution in [-0.4, -0.2) is 24.3 Å². The summed E-state index contributed by atoms with van der Waals surface area (Å²) in [4.78, 5) is 8.94. The molecule has 2 rings (SSSR count). The van der Waals surface area contributed by atoms with E-state index in [9.17, 15) is 0 Å². The maximum Gasteiger partial charge on any atom is 0.142 e. The largest absolute Gasteiger partial charge is 0.387 e. The molecule has 5 heteroatoms. The second kappa shape index (κ2) is 6.68. The van der Waals surface area contributed by atoms with Gasteiger partial charge in [0.2, 0.25) is 0 Å². The number of aliphatic imine (C=N–C) groups is 2. The van der Waals surface area contributed by atoms with E-state index in [2.05, 4.69) is 15.3 Å². The van der Waals surface area contributed by atoms with Crippen LogP contribution in [0.2, 0.25) is 5.02 Å². The zero-order valence-corrected chi connectivity index (χ0v) is 11.8. The van der Waals surface area contributed by atoms with Gasteiger partial charge in [-0.1, -0.05) is 23.7 Å². The summed E-state index contributed by atoms with van der Waals surface area (Å²) in [5.41, 5.74) is 6.79. The zero-order valence-electron chi connectivity index (χ0n) is 11.1. The van der Waals surface area contributed by atoms with Crippen LogP contribution in [0.15, 0.2) is 34.3 Å². The molecule has 1 aromatic rings. The van der Waals surface area contributed by atoms with Gasteiger partial charge in [-0.05, 0) is 44.0 Å². The van der Waals surface area contributed by atoms with Crippen molar-refractivity contribution in [3.8, 4) is 0 Å². The normalized spacial score (nSPS) is 20.8. The number of nitrogens with zero attached hydrogens (tertiary/aromatic N) is 2. The Kier molecular flexibility index (Phi) is 4.93. The van der Waals surface area contributed by atoms with E-state index in [0.717, 1.165) is 35.8 Å². The first-order valence-electron chi connectivity index (χ1n) is 6.48. The first-order chi connectivity index (χ1) is 9.15. The van der Waals surface area contributed by atoms with Gasteiger partial charge in [-0.15, -0.1) is 0 Å². The van der Waals surface area contributed by atoms with Crippen LogP contribution in [0.4, 0.5) is 0 Å². The molecule has 0 saturated carbocycles. The molecular formula is C14H19ClN4. The lowest BCUT2D eigenvalue weighted by atomic mass is 10.2. The van der Waals surface area contributed by atoms with Gasteiger partial charge in [-0.2, -0.15) is 0 Å². The average Bonchev–Trinajstić information content (AvgIpc) is 2.90. The molecule has 4 nitrogen and oxygen atoms in total. The van der Waals surface area contributed by atoms with E-state index in [4.69, 9.17) is 17.3 Å². The van der Waals surface area contributed by atoms with Gasteiger partial charge in [-0.3, -0.25) is 4.99 Å². The summed E-state index contributed by atoms with van der Waals surface area (Å²) in [6.07, 6.45) is 2.22. The SMILES string of the molecule is CC(N)=NC(=NCc1ccc(Cl)cc1)[C@H]1CCCN1. The van der Waals surface area contributed by atoms with Gasteiger partial charge in [0.15, 0.2) is 0 Å². The number of benzene rings is 1. The molecule has 0 radical (unpaired) electrons. The first-order valence-corrected chi connectivity index (χ1v) is 6.86. The summed E-state index contributed by atoms with van der Waals surface area (Å²) < 4.78 is 0. The van der Waals surface area contributed by atoms with E-state index in [1.807, 2.05) is 24.3 Å². The Bertz CT molecular complexity index is 469. The van der Waals surface area contributed by atoms with Crippen LogP contribution in [0, 0.1) is 0 Å². The molecular weight excluding hydrogens is 260 g/mol. The monoisotopic (exact) mass is 278 g/mol. The molecule has 3 N–H and O–H groups in total. The van der Waals surface area contributed by atoms with E-state index in [1.54, 1.807) is 6.92 Å². The summed E-state index contributed by atoms with van der Waals surface area (Å²) in [7, 11) is 0. The number of nitrogens with two attached hydrogens (primary N) is 1. The minimum atomic E-state index is 0.228. The summed E-state index contributed by atoms with van der Waals surface area (Å²) in [6, 6.07) is 7.93. The molecule has 1 aromatic carbocycles. The average molecular weight is 279 g/mol. The summed E-state index contributed by atoms with van der Waals surface area (Å²) in [6.45, 7) is 3.40. The highest BCUT2D eigenvalue weighted by molar-refractivity contribution is 6.30. The van der Waals surface area contributed by atoms with Crippen molar-refractivity contribution in [2.45, 2.75) is 32.4 Å². The van der Waals surface area contributed by atoms with E-state index >= 15 is 0 Å². The third-order valence-electron chi connectivity index (χ3n) is 3.00. The maximum atomic E-state index is 5.86. The summed E-state index contributed by atoms with van der Waals surface area (Å²) >= 11 is 5.86. The number of halogens is 1. The van der Waals surface area contributed by atoms with Crippen molar-refractivity contribution in [2.24, 2.45) is 15.7 Å². The molecule has 19 heavy (non-hydrogen) atoms. The molecule has 0 unspecified atom stereocenters. The van der Waals surface area contributed by atoms with Crippen molar-refractivity contribution in [2.75, 3.05) is 6.54 Å². The molecule has 0 bridgehead atoms. The third kappa shape index (κ3) is 4.33. The highest BCUT2D eigenvalue weighted by Crippen LogP contribution is 2.12. The van der Waals surface area contributed by atoms with Crippen molar-refractivity contribution >= 4 is 23.3 Å². The molecule has 1 aliphatic heterocycles. The Morgan fingerprint density at radius 2 is 2.16 bits per heavy atom. The number of hydrogen-bond acceptors (Lipinski definition) is 2. The Hall–Kier alpha value is -1.39. The van der Waals surface area contributed by atoms with E-state index in [0.29, 0.717) is 12.4 Å². The predicted molar refractivity (Wildman–Crippen MR) is 80.9 cm³/mol. The molecule has 1 heterocycles. The number of rotatable bonds is 3. The van der Waals surface area contributed by atoms with Crippen molar-refractivity contribution in [1.82, 2.24) is 5.32 Å². The van der Waals surface area contributed by atoms with Gasteiger partial charge in [0.25, 0.3) is 0 Å². The quantitative estimate of drug-likeness (QED) is 0.659. The van der Waals surface area contributed by atoms with Crippen LogP contribution in [0.5, 0.6) is 0 Å². The van der Waals surface area contributed by atoms with Crippen LogP contribution in [0.1, 0.15) is 25.3 Å². The Balaban J connectivity index is 2.11. The Labute approximate surface area is 118 Å². The second-order valence-electron chi connectivity index (χ2n) is 4.70. The van der Waals surface area contributed by atoms with Crippen LogP contribution in [0.3, 0.4) is 0 Å². The van der Waals surface area contributed by atoms with Crippen molar-refractivity contribution in [3.05, 3.63) is 34.9 Å². The van der Waals surface area contributed by atoms with Gasteiger partial charge in [0.1, 0.15) is 5.84 Å².